The fraction of sp³-hybridized carbons (Fsp3) is 0.462. The quantitative estimate of drug-likeness (QED) is 0.598. The predicted octanol–water partition coefficient (Wildman–Crippen LogP) is 2.61. The summed E-state index contributed by atoms with van der Waals surface area (Å²) in [7, 11) is 0. The molecule has 1 heterocycles. The summed E-state index contributed by atoms with van der Waals surface area (Å²) < 4.78 is 33.6. The van der Waals surface area contributed by atoms with E-state index in [4.69, 9.17) is 4.74 Å². The third-order valence-electron chi connectivity index (χ3n) is 3.79. The van der Waals surface area contributed by atoms with Crippen molar-refractivity contribution in [1.82, 2.24) is 0 Å². The fourth-order valence-electron chi connectivity index (χ4n) is 2.71. The number of hydrogen-bond donors (Lipinski definition) is 0. The van der Waals surface area contributed by atoms with Crippen LogP contribution >= 0.6 is 0 Å². The molecule has 0 N–H and O–H groups in total. The molecule has 3 rings (SSSR count). The van der Waals surface area contributed by atoms with Crippen molar-refractivity contribution in [3.8, 4) is 5.75 Å². The molecule has 3 nitrogen and oxygen atoms in total. The number of nitrogens with zero attached hydrogens (tertiary/aromatic N) is 1. The zero-order chi connectivity index (χ0) is 12.8. The highest BCUT2D eigenvalue weighted by atomic mass is 19.1. The van der Waals surface area contributed by atoms with Gasteiger partial charge in [0, 0.05) is 18.1 Å². The van der Waals surface area contributed by atoms with Crippen LogP contribution in [0.15, 0.2) is 11.1 Å². The zero-order valence-electron chi connectivity index (χ0n) is 9.63. The second-order valence-electron chi connectivity index (χ2n) is 4.71. The van der Waals surface area contributed by atoms with Crippen LogP contribution in [0.5, 0.6) is 5.75 Å². The van der Waals surface area contributed by atoms with Crippen molar-refractivity contribution in [1.29, 1.82) is 0 Å². The van der Waals surface area contributed by atoms with Gasteiger partial charge in [-0.3, -0.25) is 0 Å². The Morgan fingerprint density at radius 3 is 2.78 bits per heavy atom. The maximum absolute atomic E-state index is 14.4. The molecular weight excluding hydrogens is 240 g/mol. The van der Waals surface area contributed by atoms with Crippen LogP contribution in [-0.4, -0.2) is 12.7 Å². The Kier molecular flexibility index (Phi) is 2.45. The molecule has 5 heteroatoms. The number of fused-ring (bicyclic) bond motifs is 1. The number of hydrogen-bond acceptors (Lipinski definition) is 3. The lowest BCUT2D eigenvalue weighted by Gasteiger charge is -2.37. The van der Waals surface area contributed by atoms with E-state index in [1.54, 1.807) is 0 Å². The van der Waals surface area contributed by atoms with Crippen LogP contribution < -0.4 is 4.74 Å². The Morgan fingerprint density at radius 1 is 1.39 bits per heavy atom. The molecule has 0 spiro atoms. The molecule has 18 heavy (non-hydrogen) atoms. The first-order valence-corrected chi connectivity index (χ1v) is 5.91. The molecule has 1 aromatic rings. The second-order valence-corrected chi connectivity index (χ2v) is 4.71. The van der Waals surface area contributed by atoms with E-state index in [1.165, 1.54) is 12.1 Å². The fourth-order valence-corrected chi connectivity index (χ4v) is 2.71. The molecule has 0 aromatic heterocycles. The molecule has 1 aliphatic carbocycles. The second kappa shape index (κ2) is 3.89. The Balaban J connectivity index is 2.20. The van der Waals surface area contributed by atoms with Crippen LogP contribution in [-0.2, 0) is 16.8 Å². The van der Waals surface area contributed by atoms with E-state index in [-0.39, 0.29) is 11.3 Å². The van der Waals surface area contributed by atoms with Crippen molar-refractivity contribution in [3.05, 3.63) is 28.8 Å². The molecule has 1 fully saturated rings. The molecule has 0 radical (unpaired) electrons. The van der Waals surface area contributed by atoms with Gasteiger partial charge in [-0.15, -0.1) is 0 Å². The SMILES string of the molecule is O=C=NC1(c2c(F)cc3c(c2F)CCO3)CCC1. The van der Waals surface area contributed by atoms with Crippen molar-refractivity contribution in [2.45, 2.75) is 31.2 Å². The number of benzene rings is 1. The van der Waals surface area contributed by atoms with Crippen molar-refractivity contribution < 1.29 is 18.3 Å². The lowest BCUT2D eigenvalue weighted by atomic mass is 9.71. The van der Waals surface area contributed by atoms with E-state index in [0.717, 1.165) is 6.42 Å². The van der Waals surface area contributed by atoms with E-state index < -0.39 is 17.2 Å². The highest BCUT2D eigenvalue weighted by Gasteiger charge is 2.44. The highest BCUT2D eigenvalue weighted by Crippen LogP contribution is 2.48. The van der Waals surface area contributed by atoms with Crippen LogP contribution in [0.25, 0.3) is 0 Å². The summed E-state index contributed by atoms with van der Waals surface area (Å²) in [6.07, 6.45) is 3.63. The van der Waals surface area contributed by atoms with Gasteiger partial charge in [-0.2, -0.15) is 4.99 Å². The number of isocyanates is 1. The summed E-state index contributed by atoms with van der Waals surface area (Å²) in [6.45, 7) is 0.360. The van der Waals surface area contributed by atoms with E-state index in [2.05, 4.69) is 4.99 Å². The van der Waals surface area contributed by atoms with Gasteiger partial charge in [0.1, 0.15) is 22.9 Å². The third-order valence-corrected chi connectivity index (χ3v) is 3.79. The van der Waals surface area contributed by atoms with Gasteiger partial charge in [-0.05, 0) is 19.3 Å². The molecule has 1 saturated carbocycles. The molecule has 0 saturated heterocycles. The Bertz CT molecular complexity index is 561. The highest BCUT2D eigenvalue weighted by molar-refractivity contribution is 5.47. The summed E-state index contributed by atoms with van der Waals surface area (Å²) in [5, 5.41) is 0. The standard InChI is InChI=1S/C13H11F2NO2/c14-9-6-10-8(2-5-18-10)12(15)11(9)13(16-7-17)3-1-4-13/h6H,1-5H2. The lowest BCUT2D eigenvalue weighted by Crippen LogP contribution is -2.34. The number of carbonyl (C=O) groups excluding carboxylic acids is 1. The molecule has 94 valence electrons. The minimum absolute atomic E-state index is 0.0960. The minimum atomic E-state index is -1.05. The average molecular weight is 251 g/mol. The number of rotatable bonds is 2. The maximum Gasteiger partial charge on any atom is 0.235 e. The summed E-state index contributed by atoms with van der Waals surface area (Å²) in [6, 6.07) is 1.20. The van der Waals surface area contributed by atoms with Gasteiger partial charge in [0.15, 0.2) is 0 Å². The first-order valence-electron chi connectivity index (χ1n) is 5.91. The Hall–Kier alpha value is -1.74. The van der Waals surface area contributed by atoms with E-state index in [1.807, 2.05) is 0 Å². The van der Waals surface area contributed by atoms with Crippen molar-refractivity contribution in [2.24, 2.45) is 4.99 Å². The number of ether oxygens (including phenoxy) is 1. The van der Waals surface area contributed by atoms with Crippen LogP contribution in [0.2, 0.25) is 0 Å². The molecule has 1 aliphatic heterocycles. The van der Waals surface area contributed by atoms with Gasteiger partial charge in [0.2, 0.25) is 6.08 Å². The van der Waals surface area contributed by atoms with Crippen LogP contribution in [0.3, 0.4) is 0 Å². The topological polar surface area (TPSA) is 38.7 Å². The molecule has 0 bridgehead atoms. The number of halogens is 2. The minimum Gasteiger partial charge on any atom is -0.493 e. The molecule has 2 aliphatic rings. The average Bonchev–Trinajstić information content (AvgIpc) is 2.73. The van der Waals surface area contributed by atoms with Crippen molar-refractivity contribution in [3.63, 3.8) is 0 Å². The summed E-state index contributed by atoms with van der Waals surface area (Å²) in [5.41, 5.74) is -0.756. The monoisotopic (exact) mass is 251 g/mol. The molecule has 1 aromatic carbocycles. The number of aliphatic imine (C=N–C) groups is 1. The van der Waals surface area contributed by atoms with Gasteiger partial charge in [-0.1, -0.05) is 0 Å². The van der Waals surface area contributed by atoms with E-state index in [0.29, 0.717) is 31.4 Å². The zero-order valence-corrected chi connectivity index (χ0v) is 9.63. The molecule has 0 amide bonds. The summed E-state index contributed by atoms with van der Waals surface area (Å²) in [5.74, 6) is -1.04. The van der Waals surface area contributed by atoms with Crippen LogP contribution in [0.4, 0.5) is 8.78 Å². The Morgan fingerprint density at radius 2 is 2.17 bits per heavy atom. The molecular formula is C13H11F2NO2. The maximum atomic E-state index is 14.4. The summed E-state index contributed by atoms with van der Waals surface area (Å²) >= 11 is 0. The first-order chi connectivity index (χ1) is 8.68. The van der Waals surface area contributed by atoms with Gasteiger partial charge >= 0.3 is 0 Å². The van der Waals surface area contributed by atoms with Gasteiger partial charge in [0.25, 0.3) is 0 Å². The van der Waals surface area contributed by atoms with Crippen molar-refractivity contribution in [2.75, 3.05) is 6.61 Å². The lowest BCUT2D eigenvalue weighted by molar-refractivity contribution is 0.237. The van der Waals surface area contributed by atoms with Crippen LogP contribution in [0.1, 0.15) is 30.4 Å². The van der Waals surface area contributed by atoms with Gasteiger partial charge in [0.05, 0.1) is 12.2 Å². The molecule has 0 atom stereocenters. The third kappa shape index (κ3) is 1.40. The van der Waals surface area contributed by atoms with E-state index >= 15 is 0 Å². The van der Waals surface area contributed by atoms with E-state index in [9.17, 15) is 13.6 Å². The largest absolute Gasteiger partial charge is 0.493 e. The predicted molar refractivity (Wildman–Crippen MR) is 59.2 cm³/mol. The van der Waals surface area contributed by atoms with Crippen LogP contribution in [0, 0.1) is 11.6 Å². The normalized spacial score (nSPS) is 19.4. The Labute approximate surface area is 102 Å². The smallest absolute Gasteiger partial charge is 0.235 e. The first kappa shape index (κ1) is 11.4. The van der Waals surface area contributed by atoms with Crippen molar-refractivity contribution >= 4 is 6.08 Å². The van der Waals surface area contributed by atoms with Gasteiger partial charge in [-0.25, -0.2) is 13.6 Å². The molecule has 0 unspecified atom stereocenters. The van der Waals surface area contributed by atoms with Gasteiger partial charge < -0.3 is 4.74 Å². The summed E-state index contributed by atoms with van der Waals surface area (Å²) in [4.78, 5) is 14.1.